The monoisotopic (exact) mass is 272 g/mol. The Morgan fingerprint density at radius 2 is 1.90 bits per heavy atom. The highest BCUT2D eigenvalue weighted by atomic mass is 16.5. The second-order valence-electron chi connectivity index (χ2n) is 5.67. The van der Waals surface area contributed by atoms with Crippen molar-refractivity contribution in [2.75, 3.05) is 6.61 Å². The Morgan fingerprint density at radius 3 is 2.55 bits per heavy atom. The minimum Gasteiger partial charge on any atom is -0.461 e. The quantitative estimate of drug-likeness (QED) is 0.590. The molecule has 0 aromatic heterocycles. The first kappa shape index (κ1) is 14.8. The Morgan fingerprint density at radius 1 is 1.20 bits per heavy atom. The normalized spacial score (nSPS) is 16.9. The van der Waals surface area contributed by atoms with Gasteiger partial charge in [-0.3, -0.25) is 4.79 Å². The van der Waals surface area contributed by atoms with Crippen LogP contribution in [0.4, 0.5) is 0 Å². The van der Waals surface area contributed by atoms with Crippen LogP contribution in [0.5, 0.6) is 0 Å². The molecule has 2 nitrogen and oxygen atoms in total. The van der Waals surface area contributed by atoms with E-state index in [2.05, 4.69) is 30.3 Å². The lowest BCUT2D eigenvalue weighted by Crippen LogP contribution is -2.09. The van der Waals surface area contributed by atoms with Crippen LogP contribution in [-0.2, 0) is 16.0 Å². The van der Waals surface area contributed by atoms with Crippen molar-refractivity contribution in [3.63, 3.8) is 0 Å². The molecule has 0 amide bonds. The number of ether oxygens (including phenoxy) is 1. The lowest BCUT2D eigenvalue weighted by Gasteiger charge is -2.20. The topological polar surface area (TPSA) is 26.3 Å². The first-order valence-corrected chi connectivity index (χ1v) is 7.61. The van der Waals surface area contributed by atoms with Crippen molar-refractivity contribution in [3.8, 4) is 0 Å². The lowest BCUT2D eigenvalue weighted by molar-refractivity contribution is -0.140. The summed E-state index contributed by atoms with van der Waals surface area (Å²) in [7, 11) is 0. The van der Waals surface area contributed by atoms with E-state index in [1.807, 2.05) is 6.07 Å². The van der Waals surface area contributed by atoms with Gasteiger partial charge < -0.3 is 4.74 Å². The highest BCUT2D eigenvalue weighted by molar-refractivity contribution is 5.66. The number of rotatable bonds is 5. The van der Waals surface area contributed by atoms with Gasteiger partial charge in [-0.25, -0.2) is 0 Å². The number of hydrogen-bond donors (Lipinski definition) is 0. The molecule has 0 N–H and O–H groups in total. The van der Waals surface area contributed by atoms with Gasteiger partial charge in [0.1, 0.15) is 6.61 Å². The van der Waals surface area contributed by atoms with Gasteiger partial charge in [-0.15, -0.1) is 0 Å². The zero-order valence-electron chi connectivity index (χ0n) is 12.3. The molecule has 0 spiro atoms. The summed E-state index contributed by atoms with van der Waals surface area (Å²) < 4.78 is 5.21. The Kier molecular flexibility index (Phi) is 5.85. The molecule has 0 saturated heterocycles. The molecule has 2 heteroatoms. The van der Waals surface area contributed by atoms with Crippen LogP contribution in [-0.4, -0.2) is 12.6 Å². The first-order chi connectivity index (χ1) is 9.74. The molecule has 1 fully saturated rings. The molecule has 0 atom stereocenters. The molecular weight excluding hydrogens is 248 g/mol. The van der Waals surface area contributed by atoms with E-state index in [1.54, 1.807) is 0 Å². The highest BCUT2D eigenvalue weighted by Crippen LogP contribution is 2.26. The first-order valence-electron chi connectivity index (χ1n) is 7.61. The van der Waals surface area contributed by atoms with Crippen molar-refractivity contribution in [2.45, 2.75) is 45.4 Å². The summed E-state index contributed by atoms with van der Waals surface area (Å²) >= 11 is 0. The van der Waals surface area contributed by atoms with E-state index in [0.29, 0.717) is 12.5 Å². The number of allylic oxidation sites excluding steroid dienone is 1. The van der Waals surface area contributed by atoms with Crippen molar-refractivity contribution in [1.82, 2.24) is 0 Å². The second-order valence-corrected chi connectivity index (χ2v) is 5.67. The van der Waals surface area contributed by atoms with Crippen molar-refractivity contribution < 1.29 is 9.53 Å². The van der Waals surface area contributed by atoms with Crippen LogP contribution < -0.4 is 0 Å². The number of hydrogen-bond acceptors (Lipinski definition) is 2. The number of benzene rings is 1. The van der Waals surface area contributed by atoms with E-state index in [-0.39, 0.29) is 5.97 Å². The Labute approximate surface area is 121 Å². The summed E-state index contributed by atoms with van der Waals surface area (Å²) in [6.07, 6.45) is 9.81. The maximum Gasteiger partial charge on any atom is 0.302 e. The van der Waals surface area contributed by atoms with Gasteiger partial charge in [0.15, 0.2) is 0 Å². The third-order valence-electron chi connectivity index (χ3n) is 3.86. The third kappa shape index (κ3) is 5.20. The largest absolute Gasteiger partial charge is 0.461 e. The molecular formula is C18H24O2. The van der Waals surface area contributed by atoms with Crippen molar-refractivity contribution >= 4 is 5.97 Å². The predicted octanol–water partition coefficient (Wildman–Crippen LogP) is 4.30. The summed E-state index contributed by atoms with van der Waals surface area (Å²) in [4.78, 5) is 11.0. The number of esters is 1. The van der Waals surface area contributed by atoms with E-state index in [1.165, 1.54) is 50.2 Å². The van der Waals surface area contributed by atoms with Crippen LogP contribution in [0, 0.1) is 5.92 Å². The van der Waals surface area contributed by atoms with Gasteiger partial charge in [0.05, 0.1) is 0 Å². The molecule has 1 aromatic rings. The number of carbonyl (C=O) groups is 1. The number of carbonyl (C=O) groups excluding carboxylic acids is 1. The lowest BCUT2D eigenvalue weighted by atomic mass is 9.87. The van der Waals surface area contributed by atoms with Crippen molar-refractivity contribution in [2.24, 2.45) is 5.92 Å². The molecule has 1 aliphatic rings. The summed E-state index contributed by atoms with van der Waals surface area (Å²) in [6.45, 7) is 1.90. The summed E-state index contributed by atoms with van der Waals surface area (Å²) in [5.74, 6) is 0.464. The summed E-state index contributed by atoms with van der Waals surface area (Å²) in [5, 5.41) is 0. The van der Waals surface area contributed by atoms with Gasteiger partial charge in [0.25, 0.3) is 0 Å². The van der Waals surface area contributed by atoms with Crippen LogP contribution in [0.25, 0.3) is 0 Å². The van der Waals surface area contributed by atoms with E-state index in [4.69, 9.17) is 4.74 Å². The Bertz CT molecular complexity index is 442. The highest BCUT2D eigenvalue weighted by Gasteiger charge is 2.13. The minimum atomic E-state index is -0.201. The van der Waals surface area contributed by atoms with E-state index < -0.39 is 0 Å². The van der Waals surface area contributed by atoms with Gasteiger partial charge in [0.2, 0.25) is 0 Å². The average molecular weight is 272 g/mol. The fourth-order valence-electron chi connectivity index (χ4n) is 2.84. The molecule has 2 rings (SSSR count). The molecule has 108 valence electrons. The van der Waals surface area contributed by atoms with Gasteiger partial charge in [-0.2, -0.15) is 0 Å². The van der Waals surface area contributed by atoms with E-state index in [0.717, 1.165) is 6.42 Å². The molecule has 1 aliphatic carbocycles. The van der Waals surface area contributed by atoms with Crippen LogP contribution >= 0.6 is 0 Å². The zero-order valence-corrected chi connectivity index (χ0v) is 12.3. The summed E-state index contributed by atoms with van der Waals surface area (Å²) in [5.41, 5.74) is 2.51. The van der Waals surface area contributed by atoms with Crippen LogP contribution in [0.1, 0.15) is 44.6 Å². The molecule has 0 aliphatic heterocycles. The molecule has 0 bridgehead atoms. The van der Waals surface area contributed by atoms with E-state index >= 15 is 0 Å². The average Bonchev–Trinajstić information content (AvgIpc) is 2.47. The van der Waals surface area contributed by atoms with Crippen LogP contribution in [0.3, 0.4) is 0 Å². The molecule has 20 heavy (non-hydrogen) atoms. The fraction of sp³-hybridized carbons (Fsp3) is 0.500. The molecule has 0 radical (unpaired) electrons. The van der Waals surface area contributed by atoms with Crippen molar-refractivity contribution in [1.29, 1.82) is 0 Å². The third-order valence-corrected chi connectivity index (χ3v) is 3.86. The van der Waals surface area contributed by atoms with Crippen LogP contribution in [0.15, 0.2) is 42.0 Å². The molecule has 1 saturated carbocycles. The van der Waals surface area contributed by atoms with Gasteiger partial charge in [-0.05, 0) is 36.3 Å². The van der Waals surface area contributed by atoms with Gasteiger partial charge >= 0.3 is 5.97 Å². The second kappa shape index (κ2) is 7.88. The van der Waals surface area contributed by atoms with Gasteiger partial charge in [-0.1, -0.05) is 55.7 Å². The predicted molar refractivity (Wildman–Crippen MR) is 81.4 cm³/mol. The smallest absolute Gasteiger partial charge is 0.302 e. The Hall–Kier alpha value is -1.57. The minimum absolute atomic E-state index is 0.201. The fourth-order valence-corrected chi connectivity index (χ4v) is 2.84. The Balaban J connectivity index is 2.02. The van der Waals surface area contributed by atoms with Gasteiger partial charge in [0, 0.05) is 6.92 Å². The maximum atomic E-state index is 11.0. The molecule has 0 unspecified atom stereocenters. The van der Waals surface area contributed by atoms with E-state index in [9.17, 15) is 4.79 Å². The van der Waals surface area contributed by atoms with Crippen molar-refractivity contribution in [3.05, 3.63) is 47.5 Å². The maximum absolute atomic E-state index is 11.0. The van der Waals surface area contributed by atoms with Crippen LogP contribution in [0.2, 0.25) is 0 Å². The zero-order chi connectivity index (χ0) is 14.2. The summed E-state index contributed by atoms with van der Waals surface area (Å²) in [6, 6.07) is 10.4. The SMILES string of the molecule is CC(=O)OC/C(=C/C1CCCCC1)Cc1ccccc1. The molecule has 0 heterocycles. The molecule has 1 aromatic carbocycles. The standard InChI is InChI=1S/C18H24O2/c1-15(19)20-14-18(12-16-8-4-2-5-9-16)13-17-10-6-3-7-11-17/h2,4-5,8-9,13,17H,3,6-7,10-12,14H2,1H3/b18-13+.